The first-order valence-corrected chi connectivity index (χ1v) is 19.4. The fourth-order valence-electron chi connectivity index (χ4n) is 9.89. The summed E-state index contributed by atoms with van der Waals surface area (Å²) in [7, 11) is 0. The van der Waals surface area contributed by atoms with E-state index < -0.39 is 0 Å². The van der Waals surface area contributed by atoms with E-state index in [0.29, 0.717) is 11.8 Å². The lowest BCUT2D eigenvalue weighted by molar-refractivity contribution is 0.342. The van der Waals surface area contributed by atoms with Crippen LogP contribution >= 0.6 is 0 Å². The van der Waals surface area contributed by atoms with Gasteiger partial charge in [0.1, 0.15) is 0 Å². The van der Waals surface area contributed by atoms with Gasteiger partial charge in [-0.15, -0.1) is 0 Å². The summed E-state index contributed by atoms with van der Waals surface area (Å²) in [5.74, 6) is 1.57. The Morgan fingerprint density at radius 3 is 2.24 bits per heavy atom. The van der Waals surface area contributed by atoms with Gasteiger partial charge in [0.15, 0.2) is 0 Å². The highest BCUT2D eigenvalue weighted by Gasteiger charge is 2.49. The Morgan fingerprint density at radius 2 is 1.44 bits per heavy atom. The number of ether oxygens (including phenoxy) is 1. The smallest absolute Gasteiger partial charge is 0.208 e. The maximum Gasteiger partial charge on any atom is 0.208 e. The van der Waals surface area contributed by atoms with E-state index in [4.69, 9.17) is 4.74 Å². The van der Waals surface area contributed by atoms with E-state index in [-0.39, 0.29) is 10.8 Å². The van der Waals surface area contributed by atoms with E-state index in [1.54, 1.807) is 6.26 Å². The summed E-state index contributed by atoms with van der Waals surface area (Å²) in [5, 5.41) is 2.67. The van der Waals surface area contributed by atoms with Gasteiger partial charge in [-0.25, -0.2) is 0 Å². The molecule has 0 radical (unpaired) electrons. The fourth-order valence-corrected chi connectivity index (χ4v) is 9.89. The van der Waals surface area contributed by atoms with Crippen LogP contribution in [0, 0.1) is 11.3 Å². The topological polar surface area (TPSA) is 17.4 Å². The molecule has 55 heavy (non-hydrogen) atoms. The lowest BCUT2D eigenvalue weighted by atomic mass is 9.72. The van der Waals surface area contributed by atoms with Crippen molar-refractivity contribution in [1.29, 1.82) is 0 Å². The van der Waals surface area contributed by atoms with Gasteiger partial charge < -0.3 is 9.30 Å². The molecule has 0 fully saturated rings. The van der Waals surface area contributed by atoms with Crippen LogP contribution in [0.15, 0.2) is 206 Å². The van der Waals surface area contributed by atoms with Gasteiger partial charge in [-0.05, 0) is 113 Å². The van der Waals surface area contributed by atoms with Gasteiger partial charge in [0, 0.05) is 44.8 Å². The highest BCUT2D eigenvalue weighted by Crippen LogP contribution is 2.58. The van der Waals surface area contributed by atoms with Gasteiger partial charge in [-0.3, -0.25) is 4.90 Å². The van der Waals surface area contributed by atoms with Crippen molar-refractivity contribution in [3.63, 3.8) is 0 Å². The van der Waals surface area contributed by atoms with Crippen LogP contribution in [0.5, 0.6) is 0 Å². The molecular weight excluding hydrogens is 669 g/mol. The first-order chi connectivity index (χ1) is 26.8. The van der Waals surface area contributed by atoms with E-state index >= 15 is 0 Å². The van der Waals surface area contributed by atoms with Crippen LogP contribution in [0.4, 0.5) is 5.69 Å². The van der Waals surface area contributed by atoms with Gasteiger partial charge in [0.25, 0.3) is 0 Å². The molecule has 3 nitrogen and oxygen atoms in total. The van der Waals surface area contributed by atoms with Crippen LogP contribution in [-0.2, 0) is 10.2 Å². The molecule has 4 aromatic carbocycles. The zero-order valence-electron chi connectivity index (χ0n) is 31.7. The molecule has 3 unspecified atom stereocenters. The average Bonchev–Trinajstić information content (AvgIpc) is 3.75. The molecule has 0 spiro atoms. The molecule has 0 bridgehead atoms. The zero-order valence-corrected chi connectivity index (χ0v) is 31.7. The molecule has 3 heterocycles. The van der Waals surface area contributed by atoms with Crippen LogP contribution in [0.2, 0.25) is 0 Å². The summed E-state index contributed by atoms with van der Waals surface area (Å²) >= 11 is 0. The maximum absolute atomic E-state index is 6.57. The van der Waals surface area contributed by atoms with Gasteiger partial charge in [-0.1, -0.05) is 130 Å². The number of allylic oxidation sites excluding steroid dienone is 15. The second-order valence-corrected chi connectivity index (χ2v) is 16.2. The Balaban J connectivity index is 1.17. The molecule has 268 valence electrons. The predicted octanol–water partition coefficient (Wildman–Crippen LogP) is 13.1. The van der Waals surface area contributed by atoms with Crippen molar-refractivity contribution in [3.8, 4) is 5.69 Å². The van der Waals surface area contributed by atoms with Crippen LogP contribution in [0.1, 0.15) is 49.8 Å². The molecule has 0 N–H and O–H groups in total. The number of para-hydroxylation sites is 2. The third kappa shape index (κ3) is 4.96. The second-order valence-electron chi connectivity index (χ2n) is 16.2. The largest absolute Gasteiger partial charge is 0.448 e. The van der Waals surface area contributed by atoms with Gasteiger partial charge in [0.2, 0.25) is 5.88 Å². The minimum atomic E-state index is -0.382. The fraction of sp³-hybridized carbons (Fsp3) is 0.154. The van der Waals surface area contributed by atoms with Crippen LogP contribution in [0.25, 0.3) is 33.1 Å². The number of fused-ring (bicyclic) bond motifs is 9. The van der Waals surface area contributed by atoms with Crippen molar-refractivity contribution >= 4 is 33.1 Å². The Bertz CT molecular complexity index is 2720. The molecule has 3 atom stereocenters. The number of nitrogens with zero attached hydrogens (tertiary/aromatic N) is 2. The first kappa shape index (κ1) is 33.3. The summed E-state index contributed by atoms with van der Waals surface area (Å²) in [6.07, 6.45) is 26.6. The van der Waals surface area contributed by atoms with Crippen molar-refractivity contribution in [1.82, 2.24) is 4.57 Å². The first-order valence-electron chi connectivity index (χ1n) is 19.4. The lowest BCUT2D eigenvalue weighted by Crippen LogP contribution is -2.27. The van der Waals surface area contributed by atoms with Crippen LogP contribution in [0.3, 0.4) is 0 Å². The lowest BCUT2D eigenvalue weighted by Gasteiger charge is -2.34. The summed E-state index contributed by atoms with van der Waals surface area (Å²) in [6.45, 7) is 15.8. The number of hydrogen-bond acceptors (Lipinski definition) is 2. The van der Waals surface area contributed by atoms with Crippen LogP contribution in [-0.4, -0.2) is 4.57 Å². The van der Waals surface area contributed by atoms with E-state index in [9.17, 15) is 0 Å². The number of anilines is 1. The molecule has 3 heteroatoms. The predicted molar refractivity (Wildman–Crippen MR) is 230 cm³/mol. The Hall–Kier alpha value is -6.32. The molecule has 10 rings (SSSR count). The highest BCUT2D eigenvalue weighted by atomic mass is 16.5. The number of benzene rings is 4. The molecule has 1 aromatic heterocycles. The summed E-state index contributed by atoms with van der Waals surface area (Å²) in [6, 6.07) is 33.3. The second kappa shape index (κ2) is 12.4. The third-order valence-corrected chi connectivity index (χ3v) is 12.7. The van der Waals surface area contributed by atoms with Crippen molar-refractivity contribution in [2.45, 2.75) is 38.5 Å². The normalized spacial score (nSPS) is 25.4. The Morgan fingerprint density at radius 1 is 0.709 bits per heavy atom. The van der Waals surface area contributed by atoms with E-state index in [1.165, 1.54) is 55.5 Å². The molecule has 3 aliphatic carbocycles. The van der Waals surface area contributed by atoms with Crippen molar-refractivity contribution in [3.05, 3.63) is 222 Å². The van der Waals surface area contributed by atoms with Crippen molar-refractivity contribution in [2.24, 2.45) is 11.3 Å². The molecule has 5 aliphatic rings. The summed E-state index contributed by atoms with van der Waals surface area (Å²) in [5.41, 5.74) is 13.9. The molecule has 0 amide bonds. The molecular formula is C52H44N2O. The monoisotopic (exact) mass is 712 g/mol. The molecule has 0 saturated carbocycles. The van der Waals surface area contributed by atoms with Crippen molar-refractivity contribution in [2.75, 3.05) is 4.90 Å². The average molecular weight is 713 g/mol. The van der Waals surface area contributed by atoms with Crippen LogP contribution < -0.4 is 4.90 Å². The maximum atomic E-state index is 6.57. The molecule has 2 aliphatic heterocycles. The standard InChI is InChI=1S/C52H44N2O/c1-34-16-14-15-31-55-50-44(26-23-35(34)2)52(5)33-37(25-30-47(52)54(50)39-19-10-7-11-20-39)36-24-28-45-41(32-36)49-46(53(45)38-17-8-6-9-18-38)29-27-43-48(49)40-21-12-13-22-42(40)51(43,3)4/h6-32,40,42H,1-2,33H2,3-5H3/b16-14-,26-23-,31-15-. The quantitative estimate of drug-likeness (QED) is 0.185. The Labute approximate surface area is 323 Å². The van der Waals surface area contributed by atoms with E-state index in [0.717, 1.165) is 34.7 Å². The number of rotatable bonds is 3. The Kier molecular flexibility index (Phi) is 7.48. The number of hydrogen-bond donors (Lipinski definition) is 0. The molecule has 0 saturated heterocycles. The van der Waals surface area contributed by atoms with Crippen molar-refractivity contribution < 1.29 is 4.74 Å². The summed E-state index contributed by atoms with van der Waals surface area (Å²) < 4.78 is 9.04. The SMILES string of the molecule is C=C1/C=C\C=C/OC2=C(/C=C\C1=C)C1(C)CC(c3ccc4c(c3)c3c5c(ccc3n4-c3ccccc3)C(C)(C)C3C=CC=CC53)=CC=C1N2c1ccccc1. The van der Waals surface area contributed by atoms with Gasteiger partial charge in [0.05, 0.1) is 17.3 Å². The highest BCUT2D eigenvalue weighted by molar-refractivity contribution is 6.13. The third-order valence-electron chi connectivity index (χ3n) is 12.7. The zero-order chi connectivity index (χ0) is 37.5. The number of aromatic nitrogens is 1. The van der Waals surface area contributed by atoms with E-state index in [2.05, 4.69) is 183 Å². The summed E-state index contributed by atoms with van der Waals surface area (Å²) in [4.78, 5) is 2.28. The van der Waals surface area contributed by atoms with E-state index in [1.807, 2.05) is 18.2 Å². The minimum absolute atomic E-state index is 0.0292. The minimum Gasteiger partial charge on any atom is -0.448 e. The van der Waals surface area contributed by atoms with Gasteiger partial charge >= 0.3 is 0 Å². The molecule has 5 aromatic rings. The van der Waals surface area contributed by atoms with Gasteiger partial charge in [-0.2, -0.15) is 0 Å².